The molecule has 4 N–H and O–H groups in total. The van der Waals surface area contributed by atoms with Crippen LogP contribution in [0.25, 0.3) is 6.08 Å². The zero-order valence-electron chi connectivity index (χ0n) is 16.6. The third kappa shape index (κ3) is 5.99. The fourth-order valence-electron chi connectivity index (χ4n) is 2.71. The monoisotopic (exact) mass is 419 g/mol. The lowest BCUT2D eigenvalue weighted by Gasteiger charge is -2.20. The first-order valence-corrected chi connectivity index (χ1v) is 9.38. The molecule has 9 heteroatoms. The fourth-order valence-corrected chi connectivity index (χ4v) is 2.71. The molecule has 0 radical (unpaired) electrons. The Morgan fingerprint density at radius 2 is 1.97 bits per heavy atom. The number of cyclic esters (lactones) is 1. The number of phenols is 1. The van der Waals surface area contributed by atoms with Crippen molar-refractivity contribution in [3.63, 3.8) is 0 Å². The number of phenolic OH excluding ortho intramolecular Hbond substituents is 1. The highest BCUT2D eigenvalue weighted by atomic mass is 16.6. The summed E-state index contributed by atoms with van der Waals surface area (Å²) in [5.41, 5.74) is 2.89. The third-order valence-corrected chi connectivity index (χ3v) is 4.62. The number of nitrogens with one attached hydrogen (secondary N) is 1. The summed E-state index contributed by atoms with van der Waals surface area (Å²) >= 11 is 0. The van der Waals surface area contributed by atoms with Gasteiger partial charge in [-0.05, 0) is 31.1 Å². The number of aromatic hydroxyl groups is 1. The molecule has 0 aliphatic carbocycles. The molecule has 0 bridgehead atoms. The summed E-state index contributed by atoms with van der Waals surface area (Å²) in [6.07, 6.45) is 2.39. The van der Waals surface area contributed by atoms with E-state index < -0.39 is 30.1 Å². The van der Waals surface area contributed by atoms with Crippen LogP contribution < -0.4 is 5.48 Å². The van der Waals surface area contributed by atoms with E-state index in [0.717, 1.165) is 6.08 Å². The minimum atomic E-state index is -1.60. The first kappa shape index (κ1) is 23.3. The number of carbonyl (C=O) groups is 3. The van der Waals surface area contributed by atoms with E-state index in [9.17, 15) is 29.7 Å². The summed E-state index contributed by atoms with van der Waals surface area (Å²) in [7, 11) is 0. The average Bonchev–Trinajstić information content (AvgIpc) is 2.70. The minimum absolute atomic E-state index is 0.0821. The molecule has 4 atom stereocenters. The van der Waals surface area contributed by atoms with Gasteiger partial charge in [0.05, 0.1) is 11.8 Å². The Bertz CT molecular complexity index is 848. The maximum atomic E-state index is 12.7. The van der Waals surface area contributed by atoms with Gasteiger partial charge < -0.3 is 24.9 Å². The molecule has 2 rings (SSSR count). The molecule has 0 unspecified atom stereocenters. The zero-order chi connectivity index (χ0) is 22.3. The molecule has 1 aromatic rings. The van der Waals surface area contributed by atoms with Crippen molar-refractivity contribution in [3.8, 4) is 5.75 Å². The molecule has 1 aromatic carbocycles. The van der Waals surface area contributed by atoms with Crippen LogP contribution in [-0.2, 0) is 19.2 Å². The van der Waals surface area contributed by atoms with Gasteiger partial charge in [-0.25, -0.2) is 4.79 Å². The van der Waals surface area contributed by atoms with Crippen molar-refractivity contribution >= 4 is 29.8 Å². The van der Waals surface area contributed by atoms with Crippen molar-refractivity contribution in [3.05, 3.63) is 41.5 Å². The molecule has 1 heterocycles. The Morgan fingerprint density at radius 3 is 2.67 bits per heavy atom. The maximum absolute atomic E-state index is 12.7. The van der Waals surface area contributed by atoms with Gasteiger partial charge in [-0.3, -0.25) is 15.1 Å². The molecule has 0 saturated carbocycles. The molecular weight excluding hydrogens is 394 g/mol. The Morgan fingerprint density at radius 1 is 1.23 bits per heavy atom. The van der Waals surface area contributed by atoms with Crippen LogP contribution in [0, 0.1) is 5.92 Å². The number of hydrogen-bond donors (Lipinski definition) is 4. The number of hydrogen-bond acceptors (Lipinski definition) is 9. The highest BCUT2D eigenvalue weighted by Crippen LogP contribution is 2.30. The largest absolute Gasteiger partial charge is 0.507 e. The van der Waals surface area contributed by atoms with E-state index in [1.54, 1.807) is 13.8 Å². The lowest BCUT2D eigenvalue weighted by Crippen LogP contribution is -2.32. The van der Waals surface area contributed by atoms with Crippen LogP contribution in [0.15, 0.2) is 30.4 Å². The second-order valence-corrected chi connectivity index (χ2v) is 6.92. The average molecular weight is 419 g/mol. The Hall–Kier alpha value is -3.01. The predicted molar refractivity (Wildman–Crippen MR) is 108 cm³/mol. The van der Waals surface area contributed by atoms with Crippen LogP contribution in [0.3, 0.4) is 0 Å². The predicted octanol–water partition coefficient (Wildman–Crippen LogP) is 1.38. The van der Waals surface area contributed by atoms with E-state index in [1.165, 1.54) is 30.4 Å². The van der Waals surface area contributed by atoms with Gasteiger partial charge in [0.1, 0.15) is 36.4 Å². The highest BCUT2D eigenvalue weighted by molar-refractivity contribution is 5.97. The molecule has 0 spiro atoms. The van der Waals surface area contributed by atoms with Crippen molar-refractivity contribution in [1.29, 1.82) is 0 Å². The van der Waals surface area contributed by atoms with Crippen molar-refractivity contribution in [2.75, 3.05) is 12.1 Å². The molecule has 1 aliphatic rings. The van der Waals surface area contributed by atoms with E-state index in [-0.39, 0.29) is 41.5 Å². The number of ether oxygens (including phenoxy) is 1. The van der Waals surface area contributed by atoms with Crippen molar-refractivity contribution in [1.82, 2.24) is 0 Å². The van der Waals surface area contributed by atoms with Gasteiger partial charge in [0, 0.05) is 12.0 Å². The minimum Gasteiger partial charge on any atom is -0.507 e. The second-order valence-electron chi connectivity index (χ2n) is 6.92. The Kier molecular flexibility index (Phi) is 8.28. The number of rotatable bonds is 4. The number of benzene rings is 1. The van der Waals surface area contributed by atoms with E-state index in [0.29, 0.717) is 6.29 Å². The molecule has 30 heavy (non-hydrogen) atoms. The smallest absolute Gasteiger partial charge is 0.342 e. The van der Waals surface area contributed by atoms with E-state index in [2.05, 4.69) is 5.48 Å². The summed E-state index contributed by atoms with van der Waals surface area (Å²) in [6, 6.07) is 2.72. The summed E-state index contributed by atoms with van der Waals surface area (Å²) in [5, 5.41) is 30.5. The number of aliphatic hydroxyl groups is 2. The number of esters is 1. The van der Waals surface area contributed by atoms with Gasteiger partial charge in [0.25, 0.3) is 0 Å². The van der Waals surface area contributed by atoms with Crippen molar-refractivity contribution < 1.29 is 39.3 Å². The lowest BCUT2D eigenvalue weighted by molar-refractivity contribution is -0.127. The van der Waals surface area contributed by atoms with Gasteiger partial charge in [0.2, 0.25) is 0 Å². The SMILES string of the molecule is C[C@@H]1/C=C\C(=O)[C@@H](O)[C@@H](O)CC=Cc2cc(NOCC=O)cc(O)c2C(=O)O[C@H]1C. The van der Waals surface area contributed by atoms with Crippen LogP contribution in [-0.4, -0.2) is 58.3 Å². The van der Waals surface area contributed by atoms with E-state index in [4.69, 9.17) is 9.57 Å². The normalized spacial score (nSPS) is 26.3. The number of aldehydes is 1. The van der Waals surface area contributed by atoms with Crippen LogP contribution >= 0.6 is 0 Å². The van der Waals surface area contributed by atoms with Crippen molar-refractivity contribution in [2.45, 2.75) is 38.6 Å². The van der Waals surface area contributed by atoms with Crippen LogP contribution in [0.5, 0.6) is 5.75 Å². The second kappa shape index (κ2) is 10.7. The molecule has 0 fully saturated rings. The Balaban J connectivity index is 2.45. The molecular formula is C21H25NO8. The van der Waals surface area contributed by atoms with E-state index in [1.807, 2.05) is 0 Å². The number of fused-ring (bicyclic) bond motifs is 1. The Labute approximate surface area is 173 Å². The fraction of sp³-hybridized carbons (Fsp3) is 0.381. The first-order chi connectivity index (χ1) is 14.2. The van der Waals surface area contributed by atoms with Gasteiger partial charge in [0.15, 0.2) is 5.78 Å². The quantitative estimate of drug-likeness (QED) is 0.246. The topological polar surface area (TPSA) is 142 Å². The summed E-state index contributed by atoms with van der Waals surface area (Å²) in [4.78, 5) is 40.0. The summed E-state index contributed by atoms with van der Waals surface area (Å²) in [6.45, 7) is 3.12. The van der Waals surface area contributed by atoms with Gasteiger partial charge in [-0.1, -0.05) is 25.2 Å². The maximum Gasteiger partial charge on any atom is 0.342 e. The number of aliphatic hydroxyl groups excluding tert-OH is 2. The molecule has 0 aromatic heterocycles. The number of carbonyl (C=O) groups excluding carboxylic acids is 3. The summed E-state index contributed by atoms with van der Waals surface area (Å²) in [5.74, 6) is -2.18. The standard InChI is InChI=1S/C21H25NO8/c1-12-6-7-17(25)20(27)16(24)5-3-4-14-10-15(22-29-9-8-23)11-18(26)19(14)21(28)30-13(12)2/h3-4,6-8,10-13,16,20,22,24,26-27H,5,9H2,1-2H3/b4-3?,7-6-/t12-,13+,16+,20+/m1/s1. The molecule has 9 nitrogen and oxygen atoms in total. The third-order valence-electron chi connectivity index (χ3n) is 4.62. The van der Waals surface area contributed by atoms with Gasteiger partial charge >= 0.3 is 5.97 Å². The first-order valence-electron chi connectivity index (χ1n) is 9.38. The number of anilines is 1. The molecule has 1 aliphatic heterocycles. The molecule has 0 amide bonds. The van der Waals surface area contributed by atoms with Crippen molar-refractivity contribution in [2.24, 2.45) is 5.92 Å². The van der Waals surface area contributed by atoms with Crippen LogP contribution in [0.2, 0.25) is 0 Å². The van der Waals surface area contributed by atoms with E-state index >= 15 is 0 Å². The van der Waals surface area contributed by atoms with Crippen LogP contribution in [0.1, 0.15) is 36.2 Å². The lowest BCUT2D eigenvalue weighted by atomic mass is 9.99. The number of ketones is 1. The van der Waals surface area contributed by atoms with Gasteiger partial charge in [-0.2, -0.15) is 0 Å². The van der Waals surface area contributed by atoms with Crippen LogP contribution in [0.4, 0.5) is 5.69 Å². The molecule has 162 valence electrons. The zero-order valence-corrected chi connectivity index (χ0v) is 16.6. The highest BCUT2D eigenvalue weighted by Gasteiger charge is 2.25. The summed E-state index contributed by atoms with van der Waals surface area (Å²) < 4.78 is 5.43. The van der Waals surface area contributed by atoms with Gasteiger partial charge in [-0.15, -0.1) is 0 Å². The molecule has 0 saturated heterocycles.